The molecule has 1 amide bonds. The number of aromatic nitrogens is 2. The standard InChI is InChI=1S/C22H18FN3O2/c1-25(14-16-13-24-26(15-16)17-7-3-2-4-8-17)22(27)21-12-11-20(28-21)18-9-5-6-10-19(18)23/h2-13,15H,14H2,1H3. The minimum absolute atomic E-state index is 0.163. The van der Waals surface area contributed by atoms with Crippen molar-refractivity contribution in [1.29, 1.82) is 0 Å². The molecular formula is C22H18FN3O2. The van der Waals surface area contributed by atoms with E-state index >= 15 is 0 Å². The Morgan fingerprint density at radius 1 is 1.07 bits per heavy atom. The Hall–Kier alpha value is -3.67. The van der Waals surface area contributed by atoms with E-state index in [1.807, 2.05) is 36.5 Å². The van der Waals surface area contributed by atoms with Crippen LogP contribution >= 0.6 is 0 Å². The van der Waals surface area contributed by atoms with Crippen LogP contribution < -0.4 is 0 Å². The van der Waals surface area contributed by atoms with Crippen LogP contribution in [0.25, 0.3) is 17.0 Å². The van der Waals surface area contributed by atoms with Crippen LogP contribution in [-0.2, 0) is 6.54 Å². The first-order valence-corrected chi connectivity index (χ1v) is 8.81. The van der Waals surface area contributed by atoms with Gasteiger partial charge in [-0.05, 0) is 36.4 Å². The van der Waals surface area contributed by atoms with Gasteiger partial charge in [-0.3, -0.25) is 4.79 Å². The van der Waals surface area contributed by atoms with Crippen LogP contribution in [0.15, 0.2) is 83.5 Å². The van der Waals surface area contributed by atoms with Crippen LogP contribution in [0.4, 0.5) is 4.39 Å². The van der Waals surface area contributed by atoms with Gasteiger partial charge >= 0.3 is 0 Å². The molecule has 5 nitrogen and oxygen atoms in total. The van der Waals surface area contributed by atoms with Gasteiger partial charge in [-0.15, -0.1) is 0 Å². The first-order valence-electron chi connectivity index (χ1n) is 8.81. The summed E-state index contributed by atoms with van der Waals surface area (Å²) in [6.07, 6.45) is 3.61. The summed E-state index contributed by atoms with van der Waals surface area (Å²) in [5.41, 5.74) is 2.16. The summed E-state index contributed by atoms with van der Waals surface area (Å²) in [6, 6.07) is 19.2. The number of rotatable bonds is 5. The highest BCUT2D eigenvalue weighted by Crippen LogP contribution is 2.25. The smallest absolute Gasteiger partial charge is 0.289 e. The van der Waals surface area contributed by atoms with E-state index in [0.717, 1.165) is 11.3 Å². The average molecular weight is 375 g/mol. The molecule has 6 heteroatoms. The zero-order chi connectivity index (χ0) is 19.5. The Kier molecular flexibility index (Phi) is 4.76. The molecule has 2 heterocycles. The number of carbonyl (C=O) groups is 1. The molecule has 0 aliphatic heterocycles. The quantitative estimate of drug-likeness (QED) is 0.514. The molecule has 0 aliphatic rings. The lowest BCUT2D eigenvalue weighted by Crippen LogP contribution is -2.25. The maximum atomic E-state index is 13.9. The number of halogens is 1. The van der Waals surface area contributed by atoms with Gasteiger partial charge in [-0.25, -0.2) is 9.07 Å². The highest BCUT2D eigenvalue weighted by molar-refractivity contribution is 5.91. The second-order valence-electron chi connectivity index (χ2n) is 6.43. The van der Waals surface area contributed by atoms with Crippen molar-refractivity contribution in [3.63, 3.8) is 0 Å². The SMILES string of the molecule is CN(Cc1cnn(-c2ccccc2)c1)C(=O)c1ccc(-c2ccccc2F)o1. The third kappa shape index (κ3) is 3.57. The van der Waals surface area contributed by atoms with Gasteiger partial charge in [0.05, 0.1) is 17.4 Å². The number of benzene rings is 2. The Balaban J connectivity index is 1.47. The van der Waals surface area contributed by atoms with E-state index in [-0.39, 0.29) is 11.7 Å². The molecule has 28 heavy (non-hydrogen) atoms. The van der Waals surface area contributed by atoms with Gasteiger partial charge in [0.25, 0.3) is 5.91 Å². The molecule has 0 fully saturated rings. The molecule has 2 aromatic heterocycles. The van der Waals surface area contributed by atoms with Crippen LogP contribution in [0, 0.1) is 5.82 Å². The third-order valence-corrected chi connectivity index (χ3v) is 4.38. The molecular weight excluding hydrogens is 357 g/mol. The molecule has 0 aliphatic carbocycles. The molecule has 0 N–H and O–H groups in total. The Morgan fingerprint density at radius 2 is 1.82 bits per heavy atom. The van der Waals surface area contributed by atoms with E-state index in [1.54, 1.807) is 48.3 Å². The molecule has 0 atom stereocenters. The molecule has 0 bridgehead atoms. The van der Waals surface area contributed by atoms with Crippen LogP contribution in [0.2, 0.25) is 0 Å². The molecule has 0 unspecified atom stereocenters. The van der Waals surface area contributed by atoms with Crippen LogP contribution in [0.5, 0.6) is 0 Å². The first kappa shape index (κ1) is 17.7. The minimum atomic E-state index is -0.391. The second kappa shape index (κ2) is 7.52. The van der Waals surface area contributed by atoms with Crippen LogP contribution in [0.3, 0.4) is 0 Å². The van der Waals surface area contributed by atoms with Crippen molar-refractivity contribution in [3.05, 3.63) is 96.3 Å². The van der Waals surface area contributed by atoms with Gasteiger partial charge in [-0.2, -0.15) is 5.10 Å². The molecule has 0 radical (unpaired) electrons. The highest BCUT2D eigenvalue weighted by Gasteiger charge is 2.18. The normalized spacial score (nSPS) is 10.8. The van der Waals surface area contributed by atoms with Gasteiger partial charge in [0.2, 0.25) is 0 Å². The van der Waals surface area contributed by atoms with E-state index in [2.05, 4.69) is 5.10 Å². The topological polar surface area (TPSA) is 51.3 Å². The van der Waals surface area contributed by atoms with E-state index in [4.69, 9.17) is 4.42 Å². The van der Waals surface area contributed by atoms with Gasteiger partial charge in [0.1, 0.15) is 11.6 Å². The zero-order valence-electron chi connectivity index (χ0n) is 15.2. The molecule has 0 saturated heterocycles. The van der Waals surface area contributed by atoms with Gasteiger partial charge in [0, 0.05) is 25.4 Å². The van der Waals surface area contributed by atoms with E-state index in [9.17, 15) is 9.18 Å². The van der Waals surface area contributed by atoms with E-state index in [0.29, 0.717) is 17.9 Å². The number of para-hydroxylation sites is 1. The maximum Gasteiger partial charge on any atom is 0.289 e. The van der Waals surface area contributed by atoms with Crippen molar-refractivity contribution in [3.8, 4) is 17.0 Å². The van der Waals surface area contributed by atoms with Crippen LogP contribution in [-0.4, -0.2) is 27.6 Å². The van der Waals surface area contributed by atoms with Gasteiger partial charge in [-0.1, -0.05) is 30.3 Å². The number of hydrogen-bond acceptors (Lipinski definition) is 3. The van der Waals surface area contributed by atoms with Crippen molar-refractivity contribution in [2.75, 3.05) is 7.05 Å². The fourth-order valence-electron chi connectivity index (χ4n) is 2.96. The number of amides is 1. The molecule has 4 aromatic rings. The lowest BCUT2D eigenvalue weighted by Gasteiger charge is -2.14. The predicted molar refractivity (Wildman–Crippen MR) is 103 cm³/mol. The van der Waals surface area contributed by atoms with Crippen molar-refractivity contribution < 1.29 is 13.6 Å². The molecule has 2 aromatic carbocycles. The Morgan fingerprint density at radius 3 is 2.61 bits per heavy atom. The fourth-order valence-corrected chi connectivity index (χ4v) is 2.96. The second-order valence-corrected chi connectivity index (χ2v) is 6.43. The molecule has 0 spiro atoms. The molecule has 0 saturated carbocycles. The number of furan rings is 1. The zero-order valence-corrected chi connectivity index (χ0v) is 15.2. The summed E-state index contributed by atoms with van der Waals surface area (Å²) in [4.78, 5) is 14.2. The Bertz CT molecular complexity index is 1100. The minimum Gasteiger partial charge on any atom is -0.451 e. The summed E-state index contributed by atoms with van der Waals surface area (Å²) >= 11 is 0. The summed E-state index contributed by atoms with van der Waals surface area (Å²) in [5, 5.41) is 4.34. The van der Waals surface area contributed by atoms with Crippen molar-refractivity contribution in [1.82, 2.24) is 14.7 Å². The maximum absolute atomic E-state index is 13.9. The molecule has 4 rings (SSSR count). The van der Waals surface area contributed by atoms with E-state index < -0.39 is 5.82 Å². The van der Waals surface area contributed by atoms with Gasteiger partial charge < -0.3 is 9.32 Å². The summed E-state index contributed by atoms with van der Waals surface area (Å²) in [5.74, 6) is -0.185. The number of hydrogen-bond donors (Lipinski definition) is 0. The van der Waals surface area contributed by atoms with Crippen molar-refractivity contribution in [2.24, 2.45) is 0 Å². The van der Waals surface area contributed by atoms with Crippen LogP contribution in [0.1, 0.15) is 16.1 Å². The number of carbonyl (C=O) groups excluding carboxylic acids is 1. The van der Waals surface area contributed by atoms with Gasteiger partial charge in [0.15, 0.2) is 5.76 Å². The Labute approximate surface area is 161 Å². The average Bonchev–Trinajstić information content (AvgIpc) is 3.38. The predicted octanol–water partition coefficient (Wildman–Crippen LogP) is 4.54. The first-order chi connectivity index (χ1) is 13.6. The van der Waals surface area contributed by atoms with Crippen molar-refractivity contribution in [2.45, 2.75) is 6.54 Å². The van der Waals surface area contributed by atoms with E-state index in [1.165, 1.54) is 11.0 Å². The number of nitrogens with zero attached hydrogens (tertiary/aromatic N) is 3. The lowest BCUT2D eigenvalue weighted by molar-refractivity contribution is 0.0754. The largest absolute Gasteiger partial charge is 0.451 e. The lowest BCUT2D eigenvalue weighted by atomic mass is 10.1. The highest BCUT2D eigenvalue weighted by atomic mass is 19.1. The summed E-state index contributed by atoms with van der Waals surface area (Å²) in [6.45, 7) is 0.376. The van der Waals surface area contributed by atoms with Crippen molar-refractivity contribution >= 4 is 5.91 Å². The monoisotopic (exact) mass is 375 g/mol. The fraction of sp³-hybridized carbons (Fsp3) is 0.0909. The molecule has 140 valence electrons. The third-order valence-electron chi connectivity index (χ3n) is 4.38. The summed E-state index contributed by atoms with van der Waals surface area (Å²) < 4.78 is 21.3. The summed E-state index contributed by atoms with van der Waals surface area (Å²) in [7, 11) is 1.69.